The molecule has 1 N–H and O–H groups in total. The van der Waals surface area contributed by atoms with E-state index in [0.29, 0.717) is 16.3 Å². The van der Waals surface area contributed by atoms with Crippen molar-refractivity contribution < 1.29 is 9.53 Å². The van der Waals surface area contributed by atoms with Crippen LogP contribution < -0.4 is 10.1 Å². The molecule has 0 spiro atoms. The summed E-state index contributed by atoms with van der Waals surface area (Å²) in [7, 11) is 0. The van der Waals surface area contributed by atoms with Crippen molar-refractivity contribution in [2.75, 3.05) is 5.32 Å². The molecule has 3 aromatic rings. The van der Waals surface area contributed by atoms with Gasteiger partial charge in [-0.3, -0.25) is 4.79 Å². The third kappa shape index (κ3) is 5.25. The molecule has 32 heavy (non-hydrogen) atoms. The fourth-order valence-electron chi connectivity index (χ4n) is 3.76. The number of ether oxygens (including phenoxy) is 1. The zero-order chi connectivity index (χ0) is 22.7. The summed E-state index contributed by atoms with van der Waals surface area (Å²) in [6.07, 6.45) is 5.87. The molecule has 0 aliphatic heterocycles. The molecule has 1 heterocycles. The van der Waals surface area contributed by atoms with Crippen molar-refractivity contribution in [3.05, 3.63) is 73.5 Å². The van der Waals surface area contributed by atoms with E-state index in [2.05, 4.69) is 21.2 Å². The number of amides is 1. The van der Waals surface area contributed by atoms with E-state index >= 15 is 0 Å². The molecule has 0 unspecified atom stereocenters. The third-order valence-electron chi connectivity index (χ3n) is 5.12. The van der Waals surface area contributed by atoms with Crippen molar-refractivity contribution in [2.45, 2.75) is 45.6 Å². The van der Waals surface area contributed by atoms with Crippen LogP contribution in [0.4, 0.5) is 10.7 Å². The van der Waals surface area contributed by atoms with E-state index in [0.717, 1.165) is 52.0 Å². The number of nitrogens with zero attached hydrogens (tertiary/aromatic N) is 1. The van der Waals surface area contributed by atoms with Gasteiger partial charge in [-0.15, -0.1) is 11.3 Å². The lowest BCUT2D eigenvalue weighted by atomic mass is 9.95. The normalized spacial score (nSPS) is 13.4. The topological polar surface area (TPSA) is 50.7 Å². The molecular formula is C25H24BrClN2O2S. The summed E-state index contributed by atoms with van der Waals surface area (Å²) < 4.78 is 6.76. The van der Waals surface area contributed by atoms with Gasteiger partial charge in [-0.05, 0) is 85.3 Å². The number of benzene rings is 2. The highest BCUT2D eigenvalue weighted by molar-refractivity contribution is 9.10. The second-order valence-corrected chi connectivity index (χ2v) is 10.3. The molecule has 1 amide bonds. The molecule has 1 aliphatic carbocycles. The Morgan fingerprint density at radius 3 is 2.72 bits per heavy atom. The molecule has 1 aliphatic rings. The largest absolute Gasteiger partial charge is 0.489 e. The van der Waals surface area contributed by atoms with Gasteiger partial charge in [0.2, 0.25) is 0 Å². The van der Waals surface area contributed by atoms with Gasteiger partial charge in [0.25, 0.3) is 5.91 Å². The minimum absolute atomic E-state index is 0.000822. The molecule has 4 nitrogen and oxygen atoms in total. The van der Waals surface area contributed by atoms with Gasteiger partial charge in [-0.2, -0.15) is 0 Å². The van der Waals surface area contributed by atoms with E-state index in [4.69, 9.17) is 21.3 Å². The molecule has 0 bridgehead atoms. The van der Waals surface area contributed by atoms with E-state index in [1.165, 1.54) is 4.88 Å². The molecular weight excluding hydrogens is 508 g/mol. The zero-order valence-electron chi connectivity index (χ0n) is 18.0. The lowest BCUT2D eigenvalue weighted by Crippen LogP contribution is -2.14. The predicted molar refractivity (Wildman–Crippen MR) is 138 cm³/mol. The molecule has 0 atom stereocenters. The maximum Gasteiger partial charge on any atom is 0.259 e. The van der Waals surface area contributed by atoms with Crippen LogP contribution in [0.15, 0.2) is 51.9 Å². The van der Waals surface area contributed by atoms with Crippen LogP contribution >= 0.6 is 38.9 Å². The lowest BCUT2D eigenvalue weighted by Gasteiger charge is -2.14. The van der Waals surface area contributed by atoms with Gasteiger partial charge >= 0.3 is 0 Å². The van der Waals surface area contributed by atoms with Crippen molar-refractivity contribution in [3.63, 3.8) is 0 Å². The van der Waals surface area contributed by atoms with E-state index in [9.17, 15) is 4.79 Å². The van der Waals surface area contributed by atoms with Crippen LogP contribution in [-0.4, -0.2) is 18.2 Å². The number of aliphatic imine (C=N–C) groups is 1. The summed E-state index contributed by atoms with van der Waals surface area (Å²) in [5, 5.41) is 4.33. The molecule has 2 aromatic carbocycles. The van der Waals surface area contributed by atoms with Crippen molar-refractivity contribution in [1.82, 2.24) is 0 Å². The van der Waals surface area contributed by atoms with Crippen LogP contribution in [0.3, 0.4) is 0 Å². The summed E-state index contributed by atoms with van der Waals surface area (Å²) in [6, 6.07) is 13.1. The Morgan fingerprint density at radius 1 is 1.22 bits per heavy atom. The summed E-state index contributed by atoms with van der Waals surface area (Å²) in [5.41, 5.74) is 3.35. The van der Waals surface area contributed by atoms with Crippen LogP contribution in [0, 0.1) is 0 Å². The Balaban J connectivity index is 1.72. The number of nitrogens with one attached hydrogen (secondary N) is 1. The smallest absolute Gasteiger partial charge is 0.259 e. The number of para-hydroxylation sites is 1. The van der Waals surface area contributed by atoms with Crippen LogP contribution in [0.1, 0.15) is 53.1 Å². The Hall–Kier alpha value is -2.15. The second-order valence-electron chi connectivity index (χ2n) is 7.94. The first kappa shape index (κ1) is 23.0. The quantitative estimate of drug-likeness (QED) is 0.329. The first-order chi connectivity index (χ1) is 15.4. The van der Waals surface area contributed by atoms with E-state index in [1.54, 1.807) is 23.6 Å². The van der Waals surface area contributed by atoms with E-state index in [1.807, 2.05) is 50.2 Å². The molecule has 4 rings (SSSR count). The first-order valence-corrected chi connectivity index (χ1v) is 12.6. The molecule has 166 valence electrons. The van der Waals surface area contributed by atoms with Gasteiger partial charge in [-0.1, -0.05) is 29.8 Å². The first-order valence-electron chi connectivity index (χ1n) is 10.6. The lowest BCUT2D eigenvalue weighted by molar-refractivity contribution is 0.102. The number of carbonyl (C=O) groups is 1. The second kappa shape index (κ2) is 10.2. The van der Waals surface area contributed by atoms with Gasteiger partial charge in [0.15, 0.2) is 0 Å². The highest BCUT2D eigenvalue weighted by atomic mass is 79.9. The molecule has 7 heteroatoms. The summed E-state index contributed by atoms with van der Waals surface area (Å²) in [6.45, 7) is 3.95. The van der Waals surface area contributed by atoms with Gasteiger partial charge in [-0.25, -0.2) is 4.99 Å². The van der Waals surface area contributed by atoms with E-state index < -0.39 is 0 Å². The maximum absolute atomic E-state index is 13.3. The SMILES string of the molecule is CC(C)Oc1c(Br)cc(Cl)cc1C=Nc1sc2c(c1C(=O)Nc1ccccc1)CCCC2. The standard InChI is InChI=1S/C25H24BrClN2O2S/c1-15(2)31-23-16(12-17(27)13-20(23)26)14-28-25-22(19-10-6-7-11-21(19)32-25)24(30)29-18-8-4-3-5-9-18/h3-5,8-9,12-15H,6-7,10-11H2,1-2H3,(H,29,30). The molecule has 0 radical (unpaired) electrons. The van der Waals surface area contributed by atoms with Crippen LogP contribution in [0.5, 0.6) is 5.75 Å². The third-order valence-corrected chi connectivity index (χ3v) is 7.13. The number of thiophene rings is 1. The van der Waals surface area contributed by atoms with Crippen molar-refractivity contribution in [3.8, 4) is 5.75 Å². The van der Waals surface area contributed by atoms with Crippen LogP contribution in [-0.2, 0) is 12.8 Å². The zero-order valence-corrected chi connectivity index (χ0v) is 21.1. The van der Waals surface area contributed by atoms with Gasteiger partial charge in [0, 0.05) is 27.4 Å². The highest BCUT2D eigenvalue weighted by Crippen LogP contribution is 2.41. The number of halogens is 2. The van der Waals surface area contributed by atoms with Crippen LogP contribution in [0.2, 0.25) is 5.02 Å². The molecule has 1 aromatic heterocycles. The maximum atomic E-state index is 13.3. The number of rotatable bonds is 6. The Kier molecular flexibility index (Phi) is 7.33. The predicted octanol–water partition coefficient (Wildman–Crippen LogP) is 7.83. The number of fused-ring (bicyclic) bond motifs is 1. The fraction of sp³-hybridized carbons (Fsp3) is 0.280. The summed E-state index contributed by atoms with van der Waals surface area (Å²) >= 11 is 11.4. The minimum atomic E-state index is -0.117. The van der Waals surface area contributed by atoms with Crippen LogP contribution in [0.25, 0.3) is 0 Å². The average molecular weight is 532 g/mol. The average Bonchev–Trinajstić information content (AvgIpc) is 3.13. The Bertz CT molecular complexity index is 1160. The number of anilines is 1. The van der Waals surface area contributed by atoms with Crippen molar-refractivity contribution in [2.24, 2.45) is 4.99 Å². The number of hydrogen-bond donors (Lipinski definition) is 1. The molecule has 0 fully saturated rings. The van der Waals surface area contributed by atoms with Gasteiger partial charge in [0.05, 0.1) is 16.1 Å². The van der Waals surface area contributed by atoms with Crippen molar-refractivity contribution >= 4 is 61.7 Å². The number of hydrogen-bond acceptors (Lipinski definition) is 4. The Morgan fingerprint density at radius 2 is 1.97 bits per heavy atom. The molecule has 0 saturated carbocycles. The highest BCUT2D eigenvalue weighted by Gasteiger charge is 2.25. The van der Waals surface area contributed by atoms with E-state index in [-0.39, 0.29) is 12.0 Å². The molecule has 0 saturated heterocycles. The fourth-order valence-corrected chi connectivity index (χ4v) is 5.91. The monoisotopic (exact) mass is 530 g/mol. The summed E-state index contributed by atoms with van der Waals surface area (Å²) in [5.74, 6) is 0.568. The summed E-state index contributed by atoms with van der Waals surface area (Å²) in [4.78, 5) is 19.3. The minimum Gasteiger partial charge on any atom is -0.489 e. The van der Waals surface area contributed by atoms with Gasteiger partial charge in [0.1, 0.15) is 10.8 Å². The van der Waals surface area contributed by atoms with Gasteiger partial charge < -0.3 is 10.1 Å². The number of carbonyl (C=O) groups excluding carboxylic acids is 1. The number of aryl methyl sites for hydroxylation is 1. The Labute approximate surface area is 205 Å². The van der Waals surface area contributed by atoms with Crippen molar-refractivity contribution in [1.29, 1.82) is 0 Å².